The Morgan fingerprint density at radius 3 is 2.17 bits per heavy atom. The normalized spacial score (nSPS) is 16.5. The Kier molecular flexibility index (Phi) is 11.2. The van der Waals surface area contributed by atoms with Gasteiger partial charge in [0, 0.05) is 50.6 Å². The van der Waals surface area contributed by atoms with Crippen molar-refractivity contribution < 1.29 is 8.78 Å². The lowest BCUT2D eigenvalue weighted by molar-refractivity contribution is 0.143. The van der Waals surface area contributed by atoms with Crippen molar-refractivity contribution in [2.24, 2.45) is 10.2 Å². The monoisotopic (exact) mass is 501 g/mol. The average Bonchev–Trinajstić information content (AvgIpc) is 3.41. The van der Waals surface area contributed by atoms with Gasteiger partial charge in [0.15, 0.2) is 0 Å². The van der Waals surface area contributed by atoms with E-state index in [0.717, 1.165) is 57.1 Å². The number of likely N-dealkylation sites (N-methyl/N-ethyl adjacent to an activating group) is 1. The van der Waals surface area contributed by atoms with Crippen LogP contribution in [-0.4, -0.2) is 72.7 Å². The number of alkyl halides is 2. The maximum Gasteiger partial charge on any atom is 0.278 e. The van der Waals surface area contributed by atoms with Crippen molar-refractivity contribution in [3.8, 4) is 0 Å². The van der Waals surface area contributed by atoms with Crippen LogP contribution in [-0.2, 0) is 6.54 Å². The Balaban J connectivity index is 0.00000167. The third-order valence-electron chi connectivity index (χ3n) is 6.12. The molecule has 190 valence electrons. The molecule has 2 aliphatic heterocycles. The summed E-state index contributed by atoms with van der Waals surface area (Å²) in [6.07, 6.45) is -2.42. The van der Waals surface area contributed by atoms with E-state index in [0.29, 0.717) is 5.71 Å². The fourth-order valence-corrected chi connectivity index (χ4v) is 5.10. The number of anilines is 1. The highest BCUT2D eigenvalue weighted by Crippen LogP contribution is 2.26. The van der Waals surface area contributed by atoms with Gasteiger partial charge >= 0.3 is 0 Å². The van der Waals surface area contributed by atoms with Crippen molar-refractivity contribution in [2.45, 2.75) is 40.2 Å². The van der Waals surface area contributed by atoms with E-state index in [9.17, 15) is 8.78 Å². The lowest BCUT2D eigenvalue weighted by atomic mass is 10.0. The number of piperazine rings is 1. The first-order valence-electron chi connectivity index (χ1n) is 12.5. The minimum atomic E-state index is -2.54. The fraction of sp³-hybridized carbons (Fsp3) is 0.481. The molecule has 0 atom stereocenters. The number of halogens is 2. The number of hydrogen-bond donors (Lipinski definition) is 0. The topological polar surface area (TPSA) is 34.4 Å². The molecule has 0 aliphatic carbocycles. The standard InChI is InChI=1S/C25H31F2N5S.C2H6/c1-2-30-12-14-31(15-13-30)16-17-33-32(22-6-4-3-5-7-22)19-20-8-10-21(11-9-20)23-18-24(25(26)27)29-28-23;1-2/h3-11,25H,2,12-19H2,1H3;1-2H3. The van der Waals surface area contributed by atoms with Gasteiger partial charge in [-0.25, -0.2) is 8.78 Å². The first kappa shape index (κ1) is 27.3. The molecule has 0 spiro atoms. The van der Waals surface area contributed by atoms with Crippen LogP contribution in [0.4, 0.5) is 14.5 Å². The van der Waals surface area contributed by atoms with Crippen LogP contribution >= 0.6 is 11.9 Å². The fourth-order valence-electron chi connectivity index (χ4n) is 4.03. The summed E-state index contributed by atoms with van der Waals surface area (Å²) in [5.74, 6) is 1.03. The predicted molar refractivity (Wildman–Crippen MR) is 146 cm³/mol. The van der Waals surface area contributed by atoms with Crippen LogP contribution in [0, 0.1) is 0 Å². The summed E-state index contributed by atoms with van der Waals surface area (Å²) in [6.45, 7) is 13.8. The van der Waals surface area contributed by atoms with Gasteiger partial charge < -0.3 is 9.21 Å². The number of rotatable bonds is 10. The second-order valence-corrected chi connectivity index (χ2v) is 9.40. The van der Waals surface area contributed by atoms with Crippen molar-refractivity contribution in [2.75, 3.05) is 49.3 Å². The highest BCUT2D eigenvalue weighted by molar-refractivity contribution is 8.00. The molecule has 0 N–H and O–H groups in total. The van der Waals surface area contributed by atoms with Gasteiger partial charge in [0.1, 0.15) is 5.71 Å². The predicted octanol–water partition coefficient (Wildman–Crippen LogP) is 5.82. The van der Waals surface area contributed by atoms with Gasteiger partial charge in [0.05, 0.1) is 12.3 Å². The number of para-hydroxylation sites is 1. The van der Waals surface area contributed by atoms with Crippen molar-refractivity contribution in [3.63, 3.8) is 0 Å². The van der Waals surface area contributed by atoms with E-state index in [-0.39, 0.29) is 12.1 Å². The van der Waals surface area contributed by atoms with Crippen molar-refractivity contribution in [1.29, 1.82) is 0 Å². The first-order valence-corrected chi connectivity index (χ1v) is 13.5. The lowest BCUT2D eigenvalue weighted by Gasteiger charge is -2.34. The molecule has 5 nitrogen and oxygen atoms in total. The molecular formula is C27H37F2N5S. The van der Waals surface area contributed by atoms with Crippen LogP contribution in [0.1, 0.15) is 38.3 Å². The van der Waals surface area contributed by atoms with E-state index in [1.807, 2.05) is 44.0 Å². The summed E-state index contributed by atoms with van der Waals surface area (Å²) in [5.41, 5.74) is 3.65. The SMILES string of the molecule is CC.CCN1CCN(CCSN(Cc2ccc(C3=NN=C(C(F)F)C3)cc2)c2ccccc2)CC1. The van der Waals surface area contributed by atoms with Crippen molar-refractivity contribution in [3.05, 3.63) is 65.7 Å². The zero-order valence-corrected chi connectivity index (χ0v) is 21.9. The summed E-state index contributed by atoms with van der Waals surface area (Å²) >= 11 is 1.86. The largest absolute Gasteiger partial charge is 0.312 e. The Morgan fingerprint density at radius 1 is 0.914 bits per heavy atom. The first-order chi connectivity index (χ1) is 17.1. The van der Waals surface area contributed by atoms with Gasteiger partial charge in [-0.05, 0) is 41.8 Å². The van der Waals surface area contributed by atoms with E-state index in [4.69, 9.17) is 0 Å². The molecule has 0 radical (unpaired) electrons. The summed E-state index contributed by atoms with van der Waals surface area (Å²) < 4.78 is 28.0. The molecule has 0 unspecified atom stereocenters. The van der Waals surface area contributed by atoms with Gasteiger partial charge in [0.25, 0.3) is 6.43 Å². The van der Waals surface area contributed by atoms with Crippen LogP contribution in [0.3, 0.4) is 0 Å². The number of nitrogens with zero attached hydrogens (tertiary/aromatic N) is 5. The van der Waals surface area contributed by atoms with Crippen LogP contribution in [0.15, 0.2) is 64.8 Å². The summed E-state index contributed by atoms with van der Waals surface area (Å²) in [7, 11) is 0. The molecule has 2 aromatic rings. The smallest absolute Gasteiger partial charge is 0.278 e. The number of benzene rings is 2. The minimum absolute atomic E-state index is 0.121. The summed E-state index contributed by atoms with van der Waals surface area (Å²) in [4.78, 5) is 5.05. The molecule has 2 aromatic carbocycles. The van der Waals surface area contributed by atoms with E-state index in [1.54, 1.807) is 0 Å². The van der Waals surface area contributed by atoms with Gasteiger partial charge in [-0.2, -0.15) is 10.2 Å². The molecule has 0 saturated carbocycles. The second-order valence-electron chi connectivity index (χ2n) is 8.29. The third-order valence-corrected chi connectivity index (χ3v) is 7.14. The molecule has 2 aliphatic rings. The molecule has 0 amide bonds. The molecule has 1 fully saturated rings. The second kappa shape index (κ2) is 14.3. The molecule has 2 heterocycles. The highest BCUT2D eigenvalue weighted by atomic mass is 32.2. The van der Waals surface area contributed by atoms with Gasteiger partial charge in [-0.15, -0.1) is 0 Å². The van der Waals surface area contributed by atoms with E-state index in [2.05, 4.69) is 67.6 Å². The van der Waals surface area contributed by atoms with Crippen LogP contribution in [0.2, 0.25) is 0 Å². The number of hydrogen-bond acceptors (Lipinski definition) is 6. The van der Waals surface area contributed by atoms with Crippen LogP contribution < -0.4 is 4.31 Å². The van der Waals surface area contributed by atoms with E-state index < -0.39 is 6.43 Å². The zero-order chi connectivity index (χ0) is 25.0. The zero-order valence-electron chi connectivity index (χ0n) is 21.0. The summed E-state index contributed by atoms with van der Waals surface area (Å²) in [5, 5.41) is 7.57. The van der Waals surface area contributed by atoms with E-state index in [1.165, 1.54) is 11.3 Å². The van der Waals surface area contributed by atoms with Gasteiger partial charge in [-0.1, -0.05) is 63.2 Å². The third kappa shape index (κ3) is 8.12. The van der Waals surface area contributed by atoms with Gasteiger partial charge in [0.2, 0.25) is 0 Å². The van der Waals surface area contributed by atoms with Crippen molar-refractivity contribution >= 4 is 29.1 Å². The maximum absolute atomic E-state index is 12.8. The lowest BCUT2D eigenvalue weighted by Crippen LogP contribution is -2.46. The molecule has 0 bridgehead atoms. The quantitative estimate of drug-likeness (QED) is 0.384. The van der Waals surface area contributed by atoms with Crippen LogP contribution in [0.25, 0.3) is 0 Å². The Morgan fingerprint density at radius 2 is 1.57 bits per heavy atom. The molecule has 35 heavy (non-hydrogen) atoms. The maximum atomic E-state index is 12.8. The Labute approximate surface area is 213 Å². The Bertz CT molecular complexity index is 942. The molecule has 8 heteroatoms. The minimum Gasteiger partial charge on any atom is -0.312 e. The molecule has 0 aromatic heterocycles. The molecular weight excluding hydrogens is 464 g/mol. The van der Waals surface area contributed by atoms with E-state index >= 15 is 0 Å². The Hall–Kier alpha value is -2.29. The average molecular weight is 502 g/mol. The summed E-state index contributed by atoms with van der Waals surface area (Å²) in [6, 6.07) is 18.5. The molecule has 4 rings (SSSR count). The van der Waals surface area contributed by atoms with Gasteiger partial charge in [-0.3, -0.25) is 4.90 Å². The highest BCUT2D eigenvalue weighted by Gasteiger charge is 2.22. The van der Waals surface area contributed by atoms with Crippen LogP contribution in [0.5, 0.6) is 0 Å². The van der Waals surface area contributed by atoms with Crippen molar-refractivity contribution in [1.82, 2.24) is 9.80 Å². The molecule has 1 saturated heterocycles.